The van der Waals surface area contributed by atoms with E-state index in [-0.39, 0.29) is 17.1 Å². The molecule has 2 aliphatic rings. The molecule has 2 amide bonds. The predicted octanol–water partition coefficient (Wildman–Crippen LogP) is 5.18. The molecule has 0 bridgehead atoms. The number of hydrogen-bond acceptors (Lipinski definition) is 8. The Balaban J connectivity index is 1.14. The van der Waals surface area contributed by atoms with Gasteiger partial charge in [-0.1, -0.05) is 6.07 Å². The van der Waals surface area contributed by atoms with E-state index in [1.54, 1.807) is 35.7 Å². The Labute approximate surface area is 210 Å². The molecule has 180 valence electrons. The summed E-state index contributed by atoms with van der Waals surface area (Å²) in [6, 6.07) is 9.37. The average Bonchev–Trinajstić information content (AvgIpc) is 3.49. The minimum absolute atomic E-state index is 0.220. The molecule has 5 rings (SSSR count). The van der Waals surface area contributed by atoms with Crippen molar-refractivity contribution in [1.82, 2.24) is 20.6 Å². The Morgan fingerprint density at radius 2 is 1.94 bits per heavy atom. The molecule has 3 heterocycles. The van der Waals surface area contributed by atoms with Gasteiger partial charge in [0, 0.05) is 24.8 Å². The number of amides is 2. The first-order valence-corrected chi connectivity index (χ1v) is 13.2. The van der Waals surface area contributed by atoms with Crippen LogP contribution in [0.15, 0.2) is 52.2 Å². The smallest absolute Gasteiger partial charge is 0.290 e. The standard InChI is InChI=1S/C25H24FN5O2S2/c26-17-2-1-15(21(11-17)16-8-10-34-14-16)13-28-18-3-5-19(6-4-18)29-24-27-9-7-20(30-24)12-22-23(32)31-25(33)35-22/h1-2,7-12,14,18-19,28H,3-6,13H2,(H,27,29,30)(H,31,32,33). The van der Waals surface area contributed by atoms with Crippen LogP contribution >= 0.6 is 23.1 Å². The lowest BCUT2D eigenvalue weighted by Crippen LogP contribution is -2.37. The molecular weight excluding hydrogens is 485 g/mol. The van der Waals surface area contributed by atoms with Crippen molar-refractivity contribution in [3.05, 3.63) is 69.3 Å². The fraction of sp³-hybridized carbons (Fsp3) is 0.280. The number of thiophene rings is 1. The quantitative estimate of drug-likeness (QED) is 0.378. The maximum atomic E-state index is 13.8. The Morgan fingerprint density at radius 1 is 1.11 bits per heavy atom. The molecule has 0 unspecified atom stereocenters. The molecule has 1 aliphatic heterocycles. The van der Waals surface area contributed by atoms with Gasteiger partial charge in [-0.3, -0.25) is 14.9 Å². The lowest BCUT2D eigenvalue weighted by molar-refractivity contribution is -0.115. The number of halogens is 1. The molecule has 1 aromatic carbocycles. The summed E-state index contributed by atoms with van der Waals surface area (Å²) in [4.78, 5) is 32.2. The van der Waals surface area contributed by atoms with Gasteiger partial charge in [0.05, 0.1) is 10.6 Å². The predicted molar refractivity (Wildman–Crippen MR) is 137 cm³/mol. The number of benzene rings is 1. The van der Waals surface area contributed by atoms with Crippen molar-refractivity contribution in [2.75, 3.05) is 5.32 Å². The molecular formula is C25H24FN5O2S2. The molecule has 10 heteroatoms. The normalized spacial score (nSPS) is 21.3. The van der Waals surface area contributed by atoms with E-state index in [4.69, 9.17) is 0 Å². The Kier molecular flexibility index (Phi) is 7.21. The lowest BCUT2D eigenvalue weighted by Gasteiger charge is -2.30. The van der Waals surface area contributed by atoms with E-state index in [2.05, 4.69) is 25.9 Å². The van der Waals surface area contributed by atoms with E-state index < -0.39 is 5.91 Å². The van der Waals surface area contributed by atoms with E-state index in [0.29, 0.717) is 29.1 Å². The molecule has 1 saturated carbocycles. The number of hydrogen-bond donors (Lipinski definition) is 3. The Morgan fingerprint density at radius 3 is 2.69 bits per heavy atom. The highest BCUT2D eigenvalue weighted by Crippen LogP contribution is 2.28. The number of carbonyl (C=O) groups excluding carboxylic acids is 2. The Hall–Kier alpha value is -3.08. The van der Waals surface area contributed by atoms with Crippen LogP contribution in [0.2, 0.25) is 0 Å². The van der Waals surface area contributed by atoms with Crippen LogP contribution in [-0.2, 0) is 11.3 Å². The van der Waals surface area contributed by atoms with E-state index in [0.717, 1.165) is 54.1 Å². The molecule has 1 aliphatic carbocycles. The number of imide groups is 1. The summed E-state index contributed by atoms with van der Waals surface area (Å²) < 4.78 is 13.8. The van der Waals surface area contributed by atoms with Crippen LogP contribution in [0.25, 0.3) is 17.2 Å². The summed E-state index contributed by atoms with van der Waals surface area (Å²) in [5.74, 6) is -0.109. The van der Waals surface area contributed by atoms with Gasteiger partial charge in [0.15, 0.2) is 0 Å². The van der Waals surface area contributed by atoms with Crippen molar-refractivity contribution < 1.29 is 14.0 Å². The second-order valence-corrected chi connectivity index (χ2v) is 10.3. The van der Waals surface area contributed by atoms with E-state index in [1.165, 1.54) is 6.07 Å². The molecule has 0 spiro atoms. The molecule has 1 saturated heterocycles. The van der Waals surface area contributed by atoms with Gasteiger partial charge in [0.25, 0.3) is 11.1 Å². The molecule has 0 radical (unpaired) electrons. The molecule has 2 aromatic heterocycles. The number of nitrogens with zero attached hydrogens (tertiary/aromatic N) is 2. The van der Waals surface area contributed by atoms with Crippen LogP contribution in [0.1, 0.15) is 36.9 Å². The summed E-state index contributed by atoms with van der Waals surface area (Å²) in [6.45, 7) is 0.697. The van der Waals surface area contributed by atoms with Gasteiger partial charge >= 0.3 is 0 Å². The SMILES string of the molecule is O=C1NC(=O)C(=Cc2ccnc(NC3CCC(NCc4ccc(F)cc4-c4ccsc4)CC3)n2)S1. The molecule has 3 aromatic rings. The highest BCUT2D eigenvalue weighted by Gasteiger charge is 2.25. The number of aromatic nitrogens is 2. The molecule has 2 fully saturated rings. The van der Waals surface area contributed by atoms with Gasteiger partial charge in [-0.25, -0.2) is 14.4 Å². The van der Waals surface area contributed by atoms with E-state index in [9.17, 15) is 14.0 Å². The maximum Gasteiger partial charge on any atom is 0.290 e. The number of thioether (sulfide) groups is 1. The summed E-state index contributed by atoms with van der Waals surface area (Å²) in [5, 5.41) is 13.0. The van der Waals surface area contributed by atoms with Gasteiger partial charge < -0.3 is 10.6 Å². The van der Waals surface area contributed by atoms with Gasteiger partial charge in [0.2, 0.25) is 5.95 Å². The average molecular weight is 510 g/mol. The number of anilines is 1. The third kappa shape index (κ3) is 5.95. The fourth-order valence-electron chi connectivity index (χ4n) is 4.35. The van der Waals surface area contributed by atoms with Crippen molar-refractivity contribution in [3.63, 3.8) is 0 Å². The molecule has 35 heavy (non-hydrogen) atoms. The third-order valence-electron chi connectivity index (χ3n) is 6.14. The zero-order valence-electron chi connectivity index (χ0n) is 18.8. The highest BCUT2D eigenvalue weighted by atomic mass is 32.2. The minimum atomic E-state index is -0.401. The lowest BCUT2D eigenvalue weighted by atomic mass is 9.91. The van der Waals surface area contributed by atoms with E-state index in [1.807, 2.05) is 22.9 Å². The van der Waals surface area contributed by atoms with Crippen molar-refractivity contribution >= 4 is 46.3 Å². The van der Waals surface area contributed by atoms with Gasteiger partial charge in [-0.2, -0.15) is 11.3 Å². The number of carbonyl (C=O) groups is 2. The van der Waals surface area contributed by atoms with Crippen LogP contribution in [0.5, 0.6) is 0 Å². The summed E-state index contributed by atoms with van der Waals surface area (Å²) in [5.41, 5.74) is 3.67. The summed E-state index contributed by atoms with van der Waals surface area (Å²) in [7, 11) is 0. The van der Waals surface area contributed by atoms with Gasteiger partial charge in [0.1, 0.15) is 5.82 Å². The second kappa shape index (κ2) is 10.7. The van der Waals surface area contributed by atoms with Gasteiger partial charge in [-0.05, 0) is 95.2 Å². The van der Waals surface area contributed by atoms with E-state index >= 15 is 0 Å². The first-order valence-electron chi connectivity index (χ1n) is 11.4. The van der Waals surface area contributed by atoms with Crippen LogP contribution in [0.4, 0.5) is 15.1 Å². The van der Waals surface area contributed by atoms with Crippen LogP contribution in [-0.4, -0.2) is 33.2 Å². The van der Waals surface area contributed by atoms with Crippen molar-refractivity contribution in [2.45, 2.75) is 44.3 Å². The number of nitrogens with one attached hydrogen (secondary N) is 3. The summed E-state index contributed by atoms with van der Waals surface area (Å²) in [6.07, 6.45) is 7.20. The van der Waals surface area contributed by atoms with Gasteiger partial charge in [-0.15, -0.1) is 0 Å². The minimum Gasteiger partial charge on any atom is -0.351 e. The second-order valence-electron chi connectivity index (χ2n) is 8.54. The maximum absolute atomic E-state index is 13.8. The molecule has 0 atom stereocenters. The zero-order chi connectivity index (χ0) is 24.2. The van der Waals surface area contributed by atoms with Crippen LogP contribution < -0.4 is 16.0 Å². The zero-order valence-corrected chi connectivity index (χ0v) is 20.4. The first-order chi connectivity index (χ1) is 17.0. The van der Waals surface area contributed by atoms with Crippen molar-refractivity contribution in [1.29, 1.82) is 0 Å². The monoisotopic (exact) mass is 509 g/mol. The topological polar surface area (TPSA) is 96.0 Å². The van der Waals surface area contributed by atoms with Crippen LogP contribution in [0, 0.1) is 5.82 Å². The fourth-order valence-corrected chi connectivity index (χ4v) is 5.67. The van der Waals surface area contributed by atoms with Crippen molar-refractivity contribution in [3.8, 4) is 11.1 Å². The van der Waals surface area contributed by atoms with Crippen molar-refractivity contribution in [2.24, 2.45) is 0 Å². The first kappa shape index (κ1) is 23.7. The Bertz CT molecular complexity index is 1260. The summed E-state index contributed by atoms with van der Waals surface area (Å²) >= 11 is 2.48. The number of rotatable bonds is 7. The van der Waals surface area contributed by atoms with Crippen LogP contribution in [0.3, 0.4) is 0 Å². The largest absolute Gasteiger partial charge is 0.351 e. The highest BCUT2D eigenvalue weighted by molar-refractivity contribution is 8.18. The third-order valence-corrected chi connectivity index (χ3v) is 7.64. The molecule has 3 N–H and O–H groups in total. The molecule has 7 nitrogen and oxygen atoms in total.